The highest BCUT2D eigenvalue weighted by molar-refractivity contribution is 9.10. The molecule has 0 spiro atoms. The normalized spacial score (nSPS) is 14.6. The number of rotatable bonds is 8. The predicted molar refractivity (Wildman–Crippen MR) is 164 cm³/mol. The Hall–Kier alpha value is -4.65. The van der Waals surface area contributed by atoms with Crippen LogP contribution in [0, 0.1) is 11.3 Å². The molecule has 1 aliphatic rings. The van der Waals surface area contributed by atoms with Crippen molar-refractivity contribution >= 4 is 56.5 Å². The molecular weight excluding hydrogens is 602 g/mol. The maximum absolute atomic E-state index is 12.7. The van der Waals surface area contributed by atoms with E-state index in [4.69, 9.17) is 9.84 Å². The second-order valence-electron chi connectivity index (χ2n) is 9.04. The molecule has 7 nitrogen and oxygen atoms in total. The molecule has 41 heavy (non-hydrogen) atoms. The van der Waals surface area contributed by atoms with Crippen LogP contribution in [0.25, 0.3) is 17.2 Å². The van der Waals surface area contributed by atoms with Crippen molar-refractivity contribution in [1.29, 1.82) is 5.26 Å². The number of benzene rings is 4. The fraction of sp³-hybridized carbons (Fsp3) is 0.0625. The Bertz CT molecular complexity index is 1730. The Balaban J connectivity index is 1.29. The number of halogens is 1. The lowest BCUT2D eigenvalue weighted by Gasteiger charge is -2.11. The summed E-state index contributed by atoms with van der Waals surface area (Å²) in [6, 6.07) is 30.1. The van der Waals surface area contributed by atoms with Crippen LogP contribution in [-0.4, -0.2) is 22.2 Å². The summed E-state index contributed by atoms with van der Waals surface area (Å²) < 4.78 is 6.99. The summed E-state index contributed by atoms with van der Waals surface area (Å²) in [5.74, 6) is -0.549. The van der Waals surface area contributed by atoms with Crippen LogP contribution in [0.3, 0.4) is 0 Å². The molecule has 202 valence electrons. The maximum Gasteiger partial charge on any atom is 0.307 e. The summed E-state index contributed by atoms with van der Waals surface area (Å²) in [5.41, 5.74) is 5.44. The van der Waals surface area contributed by atoms with Gasteiger partial charge in [-0.05, 0) is 76.5 Å². The van der Waals surface area contributed by atoms with Crippen LogP contribution in [-0.2, 0) is 22.6 Å². The van der Waals surface area contributed by atoms with E-state index in [9.17, 15) is 14.9 Å². The van der Waals surface area contributed by atoms with E-state index >= 15 is 0 Å². The lowest BCUT2D eigenvalue weighted by molar-refractivity contribution is -0.136. The van der Waals surface area contributed by atoms with Gasteiger partial charge in [0.15, 0.2) is 5.17 Å². The summed E-state index contributed by atoms with van der Waals surface area (Å²) >= 11 is 4.72. The molecule has 0 aromatic heterocycles. The van der Waals surface area contributed by atoms with E-state index in [2.05, 4.69) is 32.3 Å². The van der Waals surface area contributed by atoms with Crippen LogP contribution in [0.5, 0.6) is 5.75 Å². The topological polar surface area (TPSA) is 112 Å². The summed E-state index contributed by atoms with van der Waals surface area (Å²) in [6.45, 7) is 0.321. The first-order chi connectivity index (χ1) is 19.9. The quantitative estimate of drug-likeness (QED) is 0.203. The molecule has 0 bridgehead atoms. The van der Waals surface area contributed by atoms with Crippen molar-refractivity contribution in [2.24, 2.45) is 4.99 Å². The SMILES string of the molecule is N#Cc1ccccc1-c1ccc(COc2ccc(Br)cc2C=C2SC(=Nc3ccc(CC(=O)O)cc3)NC2=O)cc1. The molecule has 1 amide bonds. The fourth-order valence-electron chi connectivity index (χ4n) is 4.14. The molecule has 1 saturated heterocycles. The first-order valence-electron chi connectivity index (χ1n) is 12.5. The van der Waals surface area contributed by atoms with Crippen LogP contribution < -0.4 is 10.1 Å². The zero-order valence-corrected chi connectivity index (χ0v) is 23.9. The number of aliphatic carboxylic acids is 1. The van der Waals surface area contributed by atoms with E-state index in [0.717, 1.165) is 26.7 Å². The van der Waals surface area contributed by atoms with Crippen LogP contribution in [0.15, 0.2) is 105 Å². The second-order valence-corrected chi connectivity index (χ2v) is 11.0. The van der Waals surface area contributed by atoms with Crippen LogP contribution in [0.2, 0.25) is 0 Å². The van der Waals surface area contributed by atoms with E-state index < -0.39 is 5.97 Å². The van der Waals surface area contributed by atoms with Crippen LogP contribution in [0.1, 0.15) is 22.3 Å². The maximum atomic E-state index is 12.7. The Labute approximate surface area is 249 Å². The van der Waals surface area contributed by atoms with Gasteiger partial charge in [-0.3, -0.25) is 9.59 Å². The Morgan fingerprint density at radius 3 is 2.49 bits per heavy atom. The number of nitrogens with one attached hydrogen (secondary N) is 1. The third kappa shape index (κ3) is 7.11. The lowest BCUT2D eigenvalue weighted by atomic mass is 9.99. The number of amidine groups is 1. The van der Waals surface area contributed by atoms with Crippen molar-refractivity contribution in [1.82, 2.24) is 5.32 Å². The largest absolute Gasteiger partial charge is 0.488 e. The minimum absolute atomic E-state index is 0.0611. The van der Waals surface area contributed by atoms with E-state index in [0.29, 0.717) is 39.2 Å². The Morgan fingerprint density at radius 1 is 1.02 bits per heavy atom. The monoisotopic (exact) mass is 623 g/mol. The predicted octanol–water partition coefficient (Wildman–Crippen LogP) is 7.09. The zero-order valence-electron chi connectivity index (χ0n) is 21.5. The van der Waals surface area contributed by atoms with Gasteiger partial charge in [-0.25, -0.2) is 4.99 Å². The molecule has 1 fully saturated rings. The van der Waals surface area contributed by atoms with Gasteiger partial charge in [-0.1, -0.05) is 70.5 Å². The van der Waals surface area contributed by atoms with E-state index in [-0.39, 0.29) is 12.3 Å². The molecule has 1 aliphatic heterocycles. The number of carboxylic acid groups (broad SMARTS) is 1. The first kappa shape index (κ1) is 27.9. The molecule has 2 N–H and O–H groups in total. The first-order valence-corrected chi connectivity index (χ1v) is 14.1. The molecule has 9 heteroatoms. The number of nitriles is 1. The number of hydrogen-bond donors (Lipinski definition) is 2. The summed E-state index contributed by atoms with van der Waals surface area (Å²) in [7, 11) is 0. The number of carboxylic acids is 1. The van der Waals surface area contributed by atoms with Gasteiger partial charge in [0.1, 0.15) is 12.4 Å². The number of hydrogen-bond acceptors (Lipinski definition) is 6. The summed E-state index contributed by atoms with van der Waals surface area (Å²) in [6.07, 6.45) is 1.70. The van der Waals surface area contributed by atoms with Gasteiger partial charge in [-0.15, -0.1) is 0 Å². The van der Waals surface area contributed by atoms with Gasteiger partial charge in [0.25, 0.3) is 5.91 Å². The minimum atomic E-state index is -0.899. The number of carbonyl (C=O) groups is 2. The molecule has 0 aliphatic carbocycles. The third-order valence-electron chi connectivity index (χ3n) is 6.14. The second kappa shape index (κ2) is 12.7. The molecule has 4 aromatic carbocycles. The molecule has 0 atom stereocenters. The van der Waals surface area contributed by atoms with Gasteiger partial charge >= 0.3 is 5.97 Å². The number of ether oxygens (including phenoxy) is 1. The Kier molecular flexibility index (Phi) is 8.63. The number of nitrogens with zero attached hydrogens (tertiary/aromatic N) is 2. The van der Waals surface area contributed by atoms with Gasteiger partial charge in [0, 0.05) is 10.0 Å². The van der Waals surface area contributed by atoms with Crippen molar-refractivity contribution in [3.8, 4) is 22.9 Å². The molecule has 5 rings (SSSR count). The van der Waals surface area contributed by atoms with Crippen molar-refractivity contribution in [2.75, 3.05) is 0 Å². The highest BCUT2D eigenvalue weighted by Gasteiger charge is 2.24. The van der Waals surface area contributed by atoms with Crippen molar-refractivity contribution in [2.45, 2.75) is 13.0 Å². The minimum Gasteiger partial charge on any atom is -0.488 e. The van der Waals surface area contributed by atoms with Crippen molar-refractivity contribution in [3.63, 3.8) is 0 Å². The van der Waals surface area contributed by atoms with Crippen LogP contribution in [0.4, 0.5) is 5.69 Å². The summed E-state index contributed by atoms with van der Waals surface area (Å²) in [4.78, 5) is 28.5. The zero-order chi connectivity index (χ0) is 28.8. The Morgan fingerprint density at radius 2 is 1.76 bits per heavy atom. The number of amides is 1. The lowest BCUT2D eigenvalue weighted by Crippen LogP contribution is -2.19. The van der Waals surface area contributed by atoms with Gasteiger partial charge < -0.3 is 15.2 Å². The fourth-order valence-corrected chi connectivity index (χ4v) is 5.35. The van der Waals surface area contributed by atoms with Crippen molar-refractivity contribution < 1.29 is 19.4 Å². The van der Waals surface area contributed by atoms with Gasteiger partial charge in [0.05, 0.1) is 28.6 Å². The molecule has 0 saturated carbocycles. The smallest absolute Gasteiger partial charge is 0.307 e. The average Bonchev–Trinajstić information content (AvgIpc) is 3.31. The molecule has 0 radical (unpaired) electrons. The van der Waals surface area contributed by atoms with E-state index in [1.807, 2.05) is 60.7 Å². The highest BCUT2D eigenvalue weighted by atomic mass is 79.9. The third-order valence-corrected chi connectivity index (χ3v) is 7.54. The van der Waals surface area contributed by atoms with Crippen LogP contribution >= 0.6 is 27.7 Å². The van der Waals surface area contributed by atoms with E-state index in [1.54, 1.807) is 36.4 Å². The average molecular weight is 625 g/mol. The van der Waals surface area contributed by atoms with Crippen molar-refractivity contribution in [3.05, 3.63) is 123 Å². The molecule has 0 unspecified atom stereocenters. The number of thioether (sulfide) groups is 1. The number of carbonyl (C=O) groups excluding carboxylic acids is 1. The van der Waals surface area contributed by atoms with Gasteiger partial charge in [0.2, 0.25) is 0 Å². The molecule has 1 heterocycles. The number of aliphatic imine (C=N–C) groups is 1. The standard InChI is InChI=1S/C32H22BrN3O4S/c33-25-11-14-28(40-19-21-5-9-22(10-6-21)27-4-2-1-3-23(27)18-34)24(16-25)17-29-31(39)36-32(41-29)35-26-12-7-20(8-13-26)15-30(37)38/h1-14,16-17H,15,19H2,(H,37,38)(H,35,36,39). The molecule has 4 aromatic rings. The summed E-state index contributed by atoms with van der Waals surface area (Å²) in [5, 5.41) is 21.5. The van der Waals surface area contributed by atoms with Gasteiger partial charge in [-0.2, -0.15) is 5.26 Å². The highest BCUT2D eigenvalue weighted by Crippen LogP contribution is 2.33. The van der Waals surface area contributed by atoms with E-state index in [1.165, 1.54) is 11.8 Å². The molecular formula is C32H22BrN3O4S.